The van der Waals surface area contributed by atoms with Crippen molar-refractivity contribution in [2.24, 2.45) is 41.4 Å². The van der Waals surface area contributed by atoms with E-state index in [1.807, 2.05) is 26.8 Å². The molecule has 2 aliphatic rings. The zero-order chi connectivity index (χ0) is 18.1. The smallest absolute Gasteiger partial charge is 0.359 e. The first-order chi connectivity index (χ1) is 11.2. The molecule has 2 saturated carbocycles. The SMILES string of the molecule is C/C=C/C1CC(C)C(C(F)(F)OC2CC(C)C(C)C(C)C2)C(C)C1.O.O. The van der Waals surface area contributed by atoms with E-state index in [2.05, 4.69) is 26.8 Å². The number of alkyl halides is 2. The van der Waals surface area contributed by atoms with Gasteiger partial charge in [0.1, 0.15) is 0 Å². The standard InChI is InChI=1S/C21H36F2O.2H2O/c1-7-8-18-9-15(4)20(16(5)10-18)21(22,23)24-19-11-13(2)17(6)14(3)12-19;;/h7-8,13-20H,9-12H2,1-6H3;2*1H2/b8-7+;;. The molecule has 0 aromatic heterocycles. The molecule has 0 amide bonds. The molecule has 156 valence electrons. The molecule has 0 bridgehead atoms. The molecule has 5 heteroatoms. The third-order valence-corrected chi connectivity index (χ3v) is 6.82. The molecule has 2 aliphatic carbocycles. The number of allylic oxidation sites excluding steroid dienone is 2. The highest BCUT2D eigenvalue weighted by atomic mass is 19.3. The summed E-state index contributed by atoms with van der Waals surface area (Å²) in [6.45, 7) is 12.5. The van der Waals surface area contributed by atoms with Crippen LogP contribution in [0.15, 0.2) is 12.2 Å². The molecule has 0 radical (unpaired) electrons. The molecule has 0 spiro atoms. The van der Waals surface area contributed by atoms with Crippen LogP contribution in [0.5, 0.6) is 0 Å². The predicted octanol–water partition coefficient (Wildman–Crippen LogP) is 4.89. The van der Waals surface area contributed by atoms with Gasteiger partial charge in [-0.3, -0.25) is 0 Å². The normalized spacial score (nSPS) is 41.4. The molecular formula is C21H40F2O3. The minimum Gasteiger partial charge on any atom is -0.412 e. The average molecular weight is 379 g/mol. The summed E-state index contributed by atoms with van der Waals surface area (Å²) in [4.78, 5) is 0. The van der Waals surface area contributed by atoms with Crippen LogP contribution < -0.4 is 0 Å². The Morgan fingerprint density at radius 1 is 0.808 bits per heavy atom. The van der Waals surface area contributed by atoms with E-state index in [0.717, 1.165) is 25.7 Å². The minimum absolute atomic E-state index is 0. The number of ether oxygens (including phenoxy) is 1. The monoisotopic (exact) mass is 378 g/mol. The number of hydrogen-bond donors (Lipinski definition) is 0. The van der Waals surface area contributed by atoms with Crippen LogP contribution in [0.3, 0.4) is 0 Å². The van der Waals surface area contributed by atoms with E-state index in [0.29, 0.717) is 23.7 Å². The van der Waals surface area contributed by atoms with Gasteiger partial charge in [0.15, 0.2) is 0 Å². The van der Waals surface area contributed by atoms with Crippen LogP contribution in [0.4, 0.5) is 8.78 Å². The van der Waals surface area contributed by atoms with Crippen LogP contribution in [0, 0.1) is 41.4 Å². The van der Waals surface area contributed by atoms with Crippen LogP contribution >= 0.6 is 0 Å². The molecule has 3 nitrogen and oxygen atoms in total. The zero-order valence-electron chi connectivity index (χ0n) is 17.3. The maximum atomic E-state index is 15.0. The maximum Gasteiger partial charge on any atom is 0.359 e. The Morgan fingerprint density at radius 2 is 1.27 bits per heavy atom. The lowest BCUT2D eigenvalue weighted by atomic mass is 9.68. The van der Waals surface area contributed by atoms with Crippen molar-refractivity contribution in [3.05, 3.63) is 12.2 Å². The molecule has 2 fully saturated rings. The Kier molecular flexibility index (Phi) is 9.94. The van der Waals surface area contributed by atoms with Crippen molar-refractivity contribution >= 4 is 0 Å². The summed E-state index contributed by atoms with van der Waals surface area (Å²) in [6, 6.07) is 0. The van der Waals surface area contributed by atoms with Gasteiger partial charge in [0.2, 0.25) is 0 Å². The van der Waals surface area contributed by atoms with E-state index in [1.54, 1.807) is 0 Å². The Labute approximate surface area is 158 Å². The van der Waals surface area contributed by atoms with Crippen molar-refractivity contribution in [2.75, 3.05) is 0 Å². The molecule has 0 saturated heterocycles. The van der Waals surface area contributed by atoms with Crippen molar-refractivity contribution in [3.63, 3.8) is 0 Å². The molecule has 4 atom stereocenters. The Morgan fingerprint density at radius 3 is 1.69 bits per heavy atom. The lowest BCUT2D eigenvalue weighted by Gasteiger charge is -2.44. The van der Waals surface area contributed by atoms with E-state index in [1.165, 1.54) is 0 Å². The first-order valence-electron chi connectivity index (χ1n) is 9.84. The van der Waals surface area contributed by atoms with Gasteiger partial charge in [-0.2, -0.15) is 8.78 Å². The summed E-state index contributed by atoms with van der Waals surface area (Å²) in [5.74, 6) is 1.24. The summed E-state index contributed by atoms with van der Waals surface area (Å²) >= 11 is 0. The van der Waals surface area contributed by atoms with Gasteiger partial charge in [0, 0.05) is 0 Å². The van der Waals surface area contributed by atoms with Crippen molar-refractivity contribution in [2.45, 2.75) is 79.4 Å². The van der Waals surface area contributed by atoms with Gasteiger partial charge < -0.3 is 15.7 Å². The van der Waals surface area contributed by atoms with Gasteiger partial charge >= 0.3 is 6.11 Å². The molecule has 0 aromatic rings. The highest BCUT2D eigenvalue weighted by Crippen LogP contribution is 2.48. The van der Waals surface area contributed by atoms with Crippen molar-refractivity contribution in [1.82, 2.24) is 0 Å². The Hall–Kier alpha value is -0.520. The topological polar surface area (TPSA) is 72.2 Å². The third-order valence-electron chi connectivity index (χ3n) is 6.82. The first-order valence-corrected chi connectivity index (χ1v) is 9.84. The molecular weight excluding hydrogens is 338 g/mol. The van der Waals surface area contributed by atoms with Crippen molar-refractivity contribution in [3.8, 4) is 0 Å². The van der Waals surface area contributed by atoms with Crippen LogP contribution in [0.1, 0.15) is 67.2 Å². The predicted molar refractivity (Wildman–Crippen MR) is 103 cm³/mol. The van der Waals surface area contributed by atoms with Gasteiger partial charge in [-0.1, -0.05) is 46.8 Å². The van der Waals surface area contributed by atoms with Crippen LogP contribution in [-0.4, -0.2) is 23.2 Å². The zero-order valence-corrected chi connectivity index (χ0v) is 17.3. The molecule has 0 heterocycles. The summed E-state index contributed by atoms with van der Waals surface area (Å²) in [5.41, 5.74) is 0. The lowest BCUT2D eigenvalue weighted by molar-refractivity contribution is -0.319. The Balaban J connectivity index is 0.00000312. The van der Waals surface area contributed by atoms with E-state index in [-0.39, 0.29) is 28.9 Å². The molecule has 2 rings (SSSR count). The lowest BCUT2D eigenvalue weighted by Crippen LogP contribution is -2.47. The highest BCUT2D eigenvalue weighted by Gasteiger charge is 2.51. The maximum absolute atomic E-state index is 15.0. The fraction of sp³-hybridized carbons (Fsp3) is 0.905. The second kappa shape index (κ2) is 10.1. The van der Waals surface area contributed by atoms with Gasteiger partial charge in [-0.05, 0) is 68.1 Å². The summed E-state index contributed by atoms with van der Waals surface area (Å²) < 4.78 is 35.5. The number of rotatable bonds is 4. The van der Waals surface area contributed by atoms with E-state index in [9.17, 15) is 0 Å². The minimum atomic E-state index is -3.01. The van der Waals surface area contributed by atoms with Crippen molar-refractivity contribution in [1.29, 1.82) is 0 Å². The van der Waals surface area contributed by atoms with Crippen molar-refractivity contribution < 1.29 is 24.5 Å². The molecule has 0 aliphatic heterocycles. The number of hydrogen-bond acceptors (Lipinski definition) is 1. The van der Waals surface area contributed by atoms with E-state index in [4.69, 9.17) is 4.74 Å². The summed E-state index contributed by atoms with van der Waals surface area (Å²) in [7, 11) is 0. The first kappa shape index (κ1) is 25.5. The van der Waals surface area contributed by atoms with Gasteiger partial charge in [-0.25, -0.2) is 0 Å². The van der Waals surface area contributed by atoms with E-state index < -0.39 is 12.0 Å². The van der Waals surface area contributed by atoms with Gasteiger partial charge in [0.05, 0.1) is 12.0 Å². The molecule has 0 aromatic carbocycles. The highest BCUT2D eigenvalue weighted by molar-refractivity contribution is 4.95. The molecule has 4 unspecified atom stereocenters. The quantitative estimate of drug-likeness (QED) is 0.642. The third kappa shape index (κ3) is 5.74. The summed E-state index contributed by atoms with van der Waals surface area (Å²) in [5, 5.41) is 0. The van der Waals surface area contributed by atoms with E-state index >= 15 is 8.78 Å². The Bertz CT molecular complexity index is 417. The van der Waals surface area contributed by atoms with Gasteiger partial charge in [0.25, 0.3) is 0 Å². The fourth-order valence-electron chi connectivity index (χ4n) is 5.31. The van der Waals surface area contributed by atoms with Crippen LogP contribution in [-0.2, 0) is 4.74 Å². The fourth-order valence-corrected chi connectivity index (χ4v) is 5.31. The summed E-state index contributed by atoms with van der Waals surface area (Å²) in [6.07, 6.45) is 4.12. The molecule has 26 heavy (non-hydrogen) atoms. The van der Waals surface area contributed by atoms with Crippen LogP contribution in [0.2, 0.25) is 0 Å². The second-order valence-electron chi connectivity index (χ2n) is 8.82. The number of halogens is 2. The second-order valence-corrected chi connectivity index (χ2v) is 8.82. The largest absolute Gasteiger partial charge is 0.412 e. The molecule has 4 N–H and O–H groups in total. The average Bonchev–Trinajstić information content (AvgIpc) is 2.43. The van der Waals surface area contributed by atoms with Crippen LogP contribution in [0.25, 0.3) is 0 Å². The van der Waals surface area contributed by atoms with Gasteiger partial charge in [-0.15, -0.1) is 0 Å².